The molecular weight excluding hydrogens is 212 g/mol. The van der Waals surface area contributed by atoms with E-state index in [1.807, 2.05) is 11.0 Å². The van der Waals surface area contributed by atoms with Crippen LogP contribution in [0.3, 0.4) is 0 Å². The molecule has 0 spiro atoms. The van der Waals surface area contributed by atoms with E-state index in [1.165, 1.54) is 5.56 Å². The van der Waals surface area contributed by atoms with E-state index in [9.17, 15) is 4.79 Å². The van der Waals surface area contributed by atoms with Crippen molar-refractivity contribution < 1.29 is 4.79 Å². The lowest BCUT2D eigenvalue weighted by atomic mass is 10.1. The minimum absolute atomic E-state index is 0.204. The van der Waals surface area contributed by atoms with Crippen LogP contribution in [0, 0.1) is 5.92 Å². The monoisotopic (exact) mass is 232 g/mol. The quantitative estimate of drug-likeness (QED) is 0.856. The fourth-order valence-electron chi connectivity index (χ4n) is 2.30. The van der Waals surface area contributed by atoms with Crippen molar-refractivity contribution in [3.8, 4) is 0 Å². The number of carbonyl (C=O) groups excluding carboxylic acids is 1. The van der Waals surface area contributed by atoms with Crippen LogP contribution in [0.5, 0.6) is 0 Å². The summed E-state index contributed by atoms with van der Waals surface area (Å²) in [7, 11) is 0. The highest BCUT2D eigenvalue weighted by molar-refractivity contribution is 5.73. The van der Waals surface area contributed by atoms with E-state index in [4.69, 9.17) is 0 Å². The average molecular weight is 232 g/mol. The molecule has 1 heterocycles. The van der Waals surface area contributed by atoms with Gasteiger partial charge in [-0.2, -0.15) is 0 Å². The van der Waals surface area contributed by atoms with Crippen LogP contribution >= 0.6 is 0 Å². The van der Waals surface area contributed by atoms with Crippen molar-refractivity contribution in [3.63, 3.8) is 0 Å². The molecule has 1 unspecified atom stereocenters. The summed E-state index contributed by atoms with van der Waals surface area (Å²) in [6, 6.07) is 10.4. The zero-order chi connectivity index (χ0) is 12.1. The molecule has 92 valence electrons. The van der Waals surface area contributed by atoms with Crippen molar-refractivity contribution in [2.45, 2.75) is 19.9 Å². The van der Waals surface area contributed by atoms with Gasteiger partial charge in [0, 0.05) is 33.1 Å². The first kappa shape index (κ1) is 12.1. The van der Waals surface area contributed by atoms with Gasteiger partial charge in [0.15, 0.2) is 0 Å². The molecule has 0 saturated carbocycles. The van der Waals surface area contributed by atoms with Gasteiger partial charge < -0.3 is 10.2 Å². The summed E-state index contributed by atoms with van der Waals surface area (Å²) in [4.78, 5) is 13.1. The number of hydrogen-bond donors (Lipinski definition) is 1. The summed E-state index contributed by atoms with van der Waals surface area (Å²) in [5.41, 5.74) is 1.31. The standard InChI is InChI=1S/C14H20N2O/c1-12(17)16-8-7-14(11-16)10-15-9-13-5-3-2-4-6-13/h2-6,14-15H,7-11H2,1H3. The Labute approximate surface area is 103 Å². The third kappa shape index (κ3) is 3.56. The minimum atomic E-state index is 0.204. The van der Waals surface area contributed by atoms with Gasteiger partial charge >= 0.3 is 0 Å². The summed E-state index contributed by atoms with van der Waals surface area (Å²) in [5.74, 6) is 0.818. The highest BCUT2D eigenvalue weighted by Crippen LogP contribution is 2.15. The molecule has 1 aromatic carbocycles. The fourth-order valence-corrected chi connectivity index (χ4v) is 2.30. The predicted molar refractivity (Wildman–Crippen MR) is 68.5 cm³/mol. The molecule has 1 aliphatic rings. The predicted octanol–water partition coefficient (Wildman–Crippen LogP) is 1.64. The third-order valence-corrected chi connectivity index (χ3v) is 3.34. The molecule has 1 fully saturated rings. The number of nitrogens with zero attached hydrogens (tertiary/aromatic N) is 1. The molecule has 1 amide bonds. The van der Waals surface area contributed by atoms with Gasteiger partial charge in [0.25, 0.3) is 0 Å². The largest absolute Gasteiger partial charge is 0.343 e. The Bertz CT molecular complexity index is 364. The Morgan fingerprint density at radius 1 is 1.41 bits per heavy atom. The van der Waals surface area contributed by atoms with Crippen molar-refractivity contribution >= 4 is 5.91 Å². The maximum atomic E-state index is 11.2. The summed E-state index contributed by atoms with van der Waals surface area (Å²) >= 11 is 0. The Balaban J connectivity index is 1.68. The number of carbonyl (C=O) groups is 1. The molecule has 1 atom stereocenters. The van der Waals surface area contributed by atoms with E-state index in [0.717, 1.165) is 32.6 Å². The molecule has 1 N–H and O–H groups in total. The maximum absolute atomic E-state index is 11.2. The van der Waals surface area contributed by atoms with E-state index in [-0.39, 0.29) is 5.91 Å². The first-order chi connectivity index (χ1) is 8.25. The molecule has 17 heavy (non-hydrogen) atoms. The van der Waals surface area contributed by atoms with Gasteiger partial charge in [0.05, 0.1) is 0 Å². The molecule has 0 aromatic heterocycles. The van der Waals surface area contributed by atoms with Crippen LogP contribution in [0.15, 0.2) is 30.3 Å². The Morgan fingerprint density at radius 3 is 2.82 bits per heavy atom. The normalized spacial score (nSPS) is 19.6. The van der Waals surface area contributed by atoms with Crippen molar-refractivity contribution in [1.29, 1.82) is 0 Å². The van der Waals surface area contributed by atoms with E-state index in [1.54, 1.807) is 6.92 Å². The van der Waals surface area contributed by atoms with Gasteiger partial charge in [-0.1, -0.05) is 30.3 Å². The van der Waals surface area contributed by atoms with Gasteiger partial charge in [0.1, 0.15) is 0 Å². The maximum Gasteiger partial charge on any atom is 0.219 e. The first-order valence-corrected chi connectivity index (χ1v) is 6.26. The molecule has 3 nitrogen and oxygen atoms in total. The highest BCUT2D eigenvalue weighted by Gasteiger charge is 2.23. The van der Waals surface area contributed by atoms with Crippen LogP contribution in [0.1, 0.15) is 18.9 Å². The molecule has 0 radical (unpaired) electrons. The van der Waals surface area contributed by atoms with E-state index < -0.39 is 0 Å². The van der Waals surface area contributed by atoms with Crippen LogP contribution < -0.4 is 5.32 Å². The fraction of sp³-hybridized carbons (Fsp3) is 0.500. The number of benzene rings is 1. The summed E-state index contributed by atoms with van der Waals surface area (Å²) in [5, 5.41) is 3.47. The lowest BCUT2D eigenvalue weighted by Crippen LogP contribution is -2.29. The van der Waals surface area contributed by atoms with Crippen LogP contribution in [-0.2, 0) is 11.3 Å². The summed E-state index contributed by atoms with van der Waals surface area (Å²) in [6.45, 7) is 5.40. The zero-order valence-electron chi connectivity index (χ0n) is 10.4. The van der Waals surface area contributed by atoms with Gasteiger partial charge in [-0.15, -0.1) is 0 Å². The second kappa shape index (κ2) is 5.82. The molecule has 0 bridgehead atoms. The Morgan fingerprint density at radius 2 is 2.18 bits per heavy atom. The molecule has 1 aliphatic heterocycles. The van der Waals surface area contributed by atoms with E-state index in [0.29, 0.717) is 5.92 Å². The van der Waals surface area contributed by atoms with Gasteiger partial charge in [-0.05, 0) is 17.9 Å². The van der Waals surface area contributed by atoms with Crippen LogP contribution in [-0.4, -0.2) is 30.4 Å². The minimum Gasteiger partial charge on any atom is -0.343 e. The summed E-state index contributed by atoms with van der Waals surface area (Å²) in [6.07, 6.45) is 1.13. The van der Waals surface area contributed by atoms with Crippen LogP contribution in [0.2, 0.25) is 0 Å². The Hall–Kier alpha value is -1.35. The van der Waals surface area contributed by atoms with Crippen molar-refractivity contribution in [2.24, 2.45) is 5.92 Å². The summed E-state index contributed by atoms with van der Waals surface area (Å²) < 4.78 is 0. The van der Waals surface area contributed by atoms with Crippen molar-refractivity contribution in [3.05, 3.63) is 35.9 Å². The second-order valence-corrected chi connectivity index (χ2v) is 4.74. The first-order valence-electron chi connectivity index (χ1n) is 6.26. The van der Waals surface area contributed by atoms with Gasteiger partial charge in [0.2, 0.25) is 5.91 Å². The molecule has 1 aromatic rings. The van der Waals surface area contributed by atoms with Crippen molar-refractivity contribution in [1.82, 2.24) is 10.2 Å². The van der Waals surface area contributed by atoms with Crippen molar-refractivity contribution in [2.75, 3.05) is 19.6 Å². The average Bonchev–Trinajstić information content (AvgIpc) is 2.79. The molecule has 2 rings (SSSR count). The molecule has 0 aliphatic carbocycles. The molecule has 1 saturated heterocycles. The van der Waals surface area contributed by atoms with Crippen LogP contribution in [0.25, 0.3) is 0 Å². The van der Waals surface area contributed by atoms with E-state index in [2.05, 4.69) is 29.6 Å². The smallest absolute Gasteiger partial charge is 0.219 e. The second-order valence-electron chi connectivity index (χ2n) is 4.74. The lowest BCUT2D eigenvalue weighted by molar-refractivity contribution is -0.127. The number of nitrogens with one attached hydrogen (secondary N) is 1. The zero-order valence-corrected chi connectivity index (χ0v) is 10.4. The Kier molecular flexibility index (Phi) is 4.15. The molecule has 3 heteroatoms. The topological polar surface area (TPSA) is 32.3 Å². The number of likely N-dealkylation sites (tertiary alicyclic amines) is 1. The van der Waals surface area contributed by atoms with E-state index >= 15 is 0 Å². The van der Waals surface area contributed by atoms with Gasteiger partial charge in [-0.3, -0.25) is 4.79 Å². The lowest BCUT2D eigenvalue weighted by Gasteiger charge is -2.14. The number of rotatable bonds is 4. The molecular formula is C14H20N2O. The third-order valence-electron chi connectivity index (χ3n) is 3.34. The number of amides is 1. The van der Waals surface area contributed by atoms with Gasteiger partial charge in [-0.25, -0.2) is 0 Å². The number of hydrogen-bond acceptors (Lipinski definition) is 2. The SMILES string of the molecule is CC(=O)N1CCC(CNCc2ccccc2)C1. The highest BCUT2D eigenvalue weighted by atomic mass is 16.2. The van der Waals surface area contributed by atoms with Crippen LogP contribution in [0.4, 0.5) is 0 Å².